The van der Waals surface area contributed by atoms with Crippen LogP contribution >= 0.6 is 11.3 Å². The molecule has 0 aliphatic carbocycles. The molecule has 0 bridgehead atoms. The van der Waals surface area contributed by atoms with E-state index >= 15 is 0 Å². The summed E-state index contributed by atoms with van der Waals surface area (Å²) in [6.07, 6.45) is 3.71. The molecule has 7 heteroatoms. The SMILES string of the molecule is CCc1cc2c(Oc3cccnc3C(=O)O)ncnc2s1. The molecule has 6 nitrogen and oxygen atoms in total. The van der Waals surface area contributed by atoms with E-state index in [2.05, 4.69) is 21.9 Å². The van der Waals surface area contributed by atoms with Gasteiger partial charge in [0, 0.05) is 11.1 Å². The molecule has 0 radical (unpaired) electrons. The van der Waals surface area contributed by atoms with Crippen molar-refractivity contribution in [2.24, 2.45) is 0 Å². The van der Waals surface area contributed by atoms with Gasteiger partial charge in [-0.1, -0.05) is 6.92 Å². The lowest BCUT2D eigenvalue weighted by atomic mass is 10.3. The Morgan fingerprint density at radius 3 is 3.00 bits per heavy atom. The summed E-state index contributed by atoms with van der Waals surface area (Å²) < 4.78 is 5.65. The Labute approximate surface area is 124 Å². The van der Waals surface area contributed by atoms with Crippen molar-refractivity contribution in [3.63, 3.8) is 0 Å². The fraction of sp³-hybridized carbons (Fsp3) is 0.143. The van der Waals surface area contributed by atoms with Gasteiger partial charge in [0.2, 0.25) is 5.88 Å². The molecular formula is C14H11N3O3S. The molecule has 21 heavy (non-hydrogen) atoms. The highest BCUT2D eigenvalue weighted by Crippen LogP contribution is 2.32. The summed E-state index contributed by atoms with van der Waals surface area (Å²) in [7, 11) is 0. The number of aromatic carboxylic acids is 1. The molecule has 3 heterocycles. The average molecular weight is 301 g/mol. The third-order valence-corrected chi connectivity index (χ3v) is 4.06. The number of aryl methyl sites for hydroxylation is 1. The molecule has 0 aliphatic heterocycles. The van der Waals surface area contributed by atoms with Crippen molar-refractivity contribution in [3.05, 3.63) is 41.3 Å². The summed E-state index contributed by atoms with van der Waals surface area (Å²) in [5.74, 6) is -0.642. The second-order valence-corrected chi connectivity index (χ2v) is 5.34. The number of pyridine rings is 1. The Hall–Kier alpha value is -2.54. The first kappa shape index (κ1) is 13.4. The predicted molar refractivity (Wildman–Crippen MR) is 78.1 cm³/mol. The van der Waals surface area contributed by atoms with Crippen LogP contribution in [0.1, 0.15) is 22.3 Å². The van der Waals surface area contributed by atoms with Gasteiger partial charge in [0.1, 0.15) is 11.2 Å². The van der Waals surface area contributed by atoms with Crippen LogP contribution in [0.5, 0.6) is 11.6 Å². The van der Waals surface area contributed by atoms with Gasteiger partial charge < -0.3 is 9.84 Å². The number of hydrogen-bond acceptors (Lipinski definition) is 6. The minimum atomic E-state index is -1.14. The number of carboxylic acid groups (broad SMARTS) is 1. The molecule has 0 aromatic carbocycles. The van der Waals surface area contributed by atoms with Gasteiger partial charge in [0.15, 0.2) is 11.4 Å². The molecule has 3 rings (SSSR count). The largest absolute Gasteiger partial charge is 0.476 e. The number of carboxylic acids is 1. The minimum absolute atomic E-state index is 0.143. The van der Waals surface area contributed by atoms with Crippen LogP contribution in [0.2, 0.25) is 0 Å². The summed E-state index contributed by atoms with van der Waals surface area (Å²) in [6, 6.07) is 5.13. The third kappa shape index (κ3) is 2.55. The number of fused-ring (bicyclic) bond motifs is 1. The van der Waals surface area contributed by atoms with Crippen LogP contribution < -0.4 is 4.74 Å². The van der Waals surface area contributed by atoms with Crippen LogP contribution in [-0.2, 0) is 6.42 Å². The number of thiophene rings is 1. The topological polar surface area (TPSA) is 85.2 Å². The first-order valence-electron chi connectivity index (χ1n) is 6.28. The second-order valence-electron chi connectivity index (χ2n) is 4.22. The summed E-state index contributed by atoms with van der Waals surface area (Å²) in [4.78, 5) is 25.3. The smallest absolute Gasteiger partial charge is 0.358 e. The molecule has 0 aliphatic rings. The van der Waals surface area contributed by atoms with Crippen molar-refractivity contribution >= 4 is 27.5 Å². The van der Waals surface area contributed by atoms with Crippen molar-refractivity contribution in [1.82, 2.24) is 15.0 Å². The van der Waals surface area contributed by atoms with Crippen LogP contribution in [0.25, 0.3) is 10.2 Å². The minimum Gasteiger partial charge on any atom is -0.476 e. The first-order chi connectivity index (χ1) is 10.2. The molecule has 3 aromatic rings. The van der Waals surface area contributed by atoms with Gasteiger partial charge in [-0.2, -0.15) is 0 Å². The molecule has 0 saturated heterocycles. The molecule has 0 saturated carbocycles. The van der Waals surface area contributed by atoms with Gasteiger partial charge in [-0.25, -0.2) is 19.7 Å². The molecule has 0 atom stereocenters. The zero-order valence-corrected chi connectivity index (χ0v) is 11.9. The summed E-state index contributed by atoms with van der Waals surface area (Å²) >= 11 is 1.57. The normalized spacial score (nSPS) is 10.7. The van der Waals surface area contributed by atoms with E-state index < -0.39 is 5.97 Å². The maximum Gasteiger partial charge on any atom is 0.358 e. The Morgan fingerprint density at radius 1 is 1.38 bits per heavy atom. The number of ether oxygens (including phenoxy) is 1. The van der Waals surface area contributed by atoms with Gasteiger partial charge >= 0.3 is 5.97 Å². The van der Waals surface area contributed by atoms with Crippen LogP contribution in [0.15, 0.2) is 30.7 Å². The molecule has 0 spiro atoms. The number of nitrogens with zero attached hydrogens (tertiary/aromatic N) is 3. The summed E-state index contributed by atoms with van der Waals surface area (Å²) in [6.45, 7) is 2.06. The van der Waals surface area contributed by atoms with E-state index in [0.717, 1.165) is 16.6 Å². The van der Waals surface area contributed by atoms with Crippen molar-refractivity contribution < 1.29 is 14.6 Å². The lowest BCUT2D eigenvalue weighted by molar-refractivity contribution is 0.0687. The first-order valence-corrected chi connectivity index (χ1v) is 7.10. The number of hydrogen-bond donors (Lipinski definition) is 1. The monoisotopic (exact) mass is 301 g/mol. The van der Waals surface area contributed by atoms with Gasteiger partial charge in [0.25, 0.3) is 0 Å². The molecule has 0 fully saturated rings. The van der Waals surface area contributed by atoms with E-state index in [9.17, 15) is 4.79 Å². The molecule has 3 aromatic heterocycles. The Morgan fingerprint density at radius 2 is 2.24 bits per heavy atom. The highest BCUT2D eigenvalue weighted by molar-refractivity contribution is 7.18. The van der Waals surface area contributed by atoms with E-state index in [4.69, 9.17) is 9.84 Å². The predicted octanol–water partition coefficient (Wildman–Crippen LogP) is 3.14. The average Bonchev–Trinajstić information content (AvgIpc) is 2.92. The molecule has 1 N–H and O–H groups in total. The highest BCUT2D eigenvalue weighted by atomic mass is 32.1. The van der Waals surface area contributed by atoms with E-state index in [1.165, 1.54) is 17.4 Å². The Balaban J connectivity index is 2.06. The Bertz CT molecular complexity index is 816. The van der Waals surface area contributed by atoms with Gasteiger partial charge in [-0.15, -0.1) is 11.3 Å². The molecule has 0 unspecified atom stereocenters. The second kappa shape index (κ2) is 5.45. The van der Waals surface area contributed by atoms with E-state index in [0.29, 0.717) is 5.88 Å². The van der Waals surface area contributed by atoms with E-state index in [-0.39, 0.29) is 11.4 Å². The fourth-order valence-electron chi connectivity index (χ4n) is 1.88. The summed E-state index contributed by atoms with van der Waals surface area (Å²) in [5, 5.41) is 9.90. The fourth-order valence-corrected chi connectivity index (χ4v) is 2.80. The summed E-state index contributed by atoms with van der Waals surface area (Å²) in [5.41, 5.74) is -0.143. The van der Waals surface area contributed by atoms with Gasteiger partial charge in [-0.05, 0) is 24.6 Å². The van der Waals surface area contributed by atoms with Crippen molar-refractivity contribution in [2.75, 3.05) is 0 Å². The van der Waals surface area contributed by atoms with E-state index in [1.807, 2.05) is 6.07 Å². The van der Waals surface area contributed by atoms with Gasteiger partial charge in [0.05, 0.1) is 5.39 Å². The lowest BCUT2D eigenvalue weighted by Gasteiger charge is -2.07. The third-order valence-electron chi connectivity index (χ3n) is 2.87. The molecule has 0 amide bonds. The highest BCUT2D eigenvalue weighted by Gasteiger charge is 2.16. The van der Waals surface area contributed by atoms with Crippen molar-refractivity contribution in [2.45, 2.75) is 13.3 Å². The number of aromatic nitrogens is 3. The standard InChI is InChI=1S/C14H11N3O3S/c1-2-8-6-9-12(16-7-17-13(9)21-8)20-10-4-3-5-15-11(10)14(18)19/h3-7H,2H2,1H3,(H,18,19). The quantitative estimate of drug-likeness (QED) is 0.796. The Kier molecular flexibility index (Phi) is 3.49. The molecule has 106 valence electrons. The number of carbonyl (C=O) groups is 1. The van der Waals surface area contributed by atoms with Crippen LogP contribution in [0, 0.1) is 0 Å². The zero-order chi connectivity index (χ0) is 14.8. The van der Waals surface area contributed by atoms with Crippen molar-refractivity contribution in [1.29, 1.82) is 0 Å². The maximum atomic E-state index is 11.2. The molecular weight excluding hydrogens is 290 g/mol. The number of rotatable bonds is 4. The van der Waals surface area contributed by atoms with Crippen LogP contribution in [0.3, 0.4) is 0 Å². The van der Waals surface area contributed by atoms with E-state index in [1.54, 1.807) is 23.5 Å². The van der Waals surface area contributed by atoms with Gasteiger partial charge in [-0.3, -0.25) is 0 Å². The van der Waals surface area contributed by atoms with Crippen LogP contribution in [0.4, 0.5) is 0 Å². The lowest BCUT2D eigenvalue weighted by Crippen LogP contribution is -2.03. The van der Waals surface area contributed by atoms with Crippen LogP contribution in [-0.4, -0.2) is 26.0 Å². The zero-order valence-electron chi connectivity index (χ0n) is 11.1. The maximum absolute atomic E-state index is 11.2. The van der Waals surface area contributed by atoms with Crippen molar-refractivity contribution in [3.8, 4) is 11.6 Å².